The third kappa shape index (κ3) is 1.78. The van der Waals surface area contributed by atoms with E-state index in [1.54, 1.807) is 19.2 Å². The summed E-state index contributed by atoms with van der Waals surface area (Å²) in [5, 5.41) is 18.8. The number of hydrogen-bond acceptors (Lipinski definition) is 3. The third-order valence-electron chi connectivity index (χ3n) is 3.53. The van der Waals surface area contributed by atoms with Crippen LogP contribution < -0.4 is 4.74 Å². The lowest BCUT2D eigenvalue weighted by molar-refractivity contribution is -0.153. The van der Waals surface area contributed by atoms with E-state index >= 15 is 0 Å². The smallest absolute Gasteiger partial charge is 0.314 e. The Labute approximate surface area is 99.8 Å². The standard InChI is InChI=1S/C13H16O4/c1-8-5-10(17-2)3-4-11(8)13(12(15)16)6-9(14)7-13/h3-5,9,14H,6-7H2,1-2H3,(H,15,16). The van der Waals surface area contributed by atoms with E-state index in [0.717, 1.165) is 11.1 Å². The first-order valence-electron chi connectivity index (χ1n) is 5.56. The highest BCUT2D eigenvalue weighted by Crippen LogP contribution is 2.45. The molecule has 1 aliphatic rings. The quantitative estimate of drug-likeness (QED) is 0.834. The summed E-state index contributed by atoms with van der Waals surface area (Å²) in [6.07, 6.45) is 0.0676. The van der Waals surface area contributed by atoms with Crippen LogP contribution in [0.3, 0.4) is 0 Å². The maximum absolute atomic E-state index is 11.4. The van der Waals surface area contributed by atoms with Crippen LogP contribution in [-0.2, 0) is 10.2 Å². The lowest BCUT2D eigenvalue weighted by Crippen LogP contribution is -2.50. The van der Waals surface area contributed by atoms with Gasteiger partial charge in [-0.25, -0.2) is 0 Å². The molecule has 0 atom stereocenters. The van der Waals surface area contributed by atoms with Crippen molar-refractivity contribution in [2.45, 2.75) is 31.3 Å². The molecule has 0 heterocycles. The number of benzene rings is 1. The maximum Gasteiger partial charge on any atom is 0.314 e. The van der Waals surface area contributed by atoms with E-state index in [-0.39, 0.29) is 12.8 Å². The molecule has 92 valence electrons. The summed E-state index contributed by atoms with van der Waals surface area (Å²) in [6.45, 7) is 1.87. The lowest BCUT2D eigenvalue weighted by atomic mass is 9.62. The molecule has 0 spiro atoms. The zero-order valence-corrected chi connectivity index (χ0v) is 9.93. The van der Waals surface area contributed by atoms with Gasteiger partial charge in [-0.15, -0.1) is 0 Å². The highest BCUT2D eigenvalue weighted by atomic mass is 16.5. The molecule has 4 heteroatoms. The number of aliphatic carboxylic acids is 1. The maximum atomic E-state index is 11.4. The van der Waals surface area contributed by atoms with Crippen LogP contribution in [0.15, 0.2) is 18.2 Å². The molecule has 1 saturated carbocycles. The SMILES string of the molecule is COc1ccc(C2(C(=O)O)CC(O)C2)c(C)c1. The van der Waals surface area contributed by atoms with Gasteiger partial charge in [0.25, 0.3) is 0 Å². The summed E-state index contributed by atoms with van der Waals surface area (Å²) in [5.41, 5.74) is 0.741. The fourth-order valence-corrected chi connectivity index (χ4v) is 2.55. The number of carboxylic acid groups (broad SMARTS) is 1. The second-order valence-electron chi connectivity index (χ2n) is 4.63. The van der Waals surface area contributed by atoms with Gasteiger partial charge in [-0.2, -0.15) is 0 Å². The fraction of sp³-hybridized carbons (Fsp3) is 0.462. The molecule has 0 aromatic heterocycles. The number of aliphatic hydroxyl groups excluding tert-OH is 1. The molecule has 0 unspecified atom stereocenters. The summed E-state index contributed by atoms with van der Waals surface area (Å²) in [5.74, 6) is -0.150. The number of carbonyl (C=O) groups is 1. The number of methoxy groups -OCH3 is 1. The van der Waals surface area contributed by atoms with E-state index < -0.39 is 17.5 Å². The molecule has 1 fully saturated rings. The molecule has 2 N–H and O–H groups in total. The van der Waals surface area contributed by atoms with Crippen molar-refractivity contribution in [3.63, 3.8) is 0 Å². The summed E-state index contributed by atoms with van der Waals surface area (Å²) < 4.78 is 5.10. The van der Waals surface area contributed by atoms with E-state index in [0.29, 0.717) is 5.75 Å². The van der Waals surface area contributed by atoms with Crippen LogP contribution in [0.4, 0.5) is 0 Å². The minimum atomic E-state index is -0.921. The number of ether oxygens (including phenoxy) is 1. The number of aryl methyl sites for hydroxylation is 1. The molecule has 0 amide bonds. The second kappa shape index (κ2) is 4.04. The van der Waals surface area contributed by atoms with Gasteiger partial charge in [-0.3, -0.25) is 4.79 Å². The van der Waals surface area contributed by atoms with Crippen molar-refractivity contribution in [3.8, 4) is 5.75 Å². The predicted octanol–water partition coefficient (Wildman–Crippen LogP) is 1.48. The number of carboxylic acids is 1. The van der Waals surface area contributed by atoms with Gasteiger partial charge < -0.3 is 14.9 Å². The molecular formula is C13H16O4. The number of hydrogen-bond donors (Lipinski definition) is 2. The normalized spacial score (nSPS) is 27.4. The average molecular weight is 236 g/mol. The topological polar surface area (TPSA) is 66.8 Å². The predicted molar refractivity (Wildman–Crippen MR) is 62.3 cm³/mol. The van der Waals surface area contributed by atoms with Crippen molar-refractivity contribution in [1.82, 2.24) is 0 Å². The summed E-state index contributed by atoms with van der Waals surface area (Å²) in [6, 6.07) is 5.37. The molecule has 1 aliphatic carbocycles. The second-order valence-corrected chi connectivity index (χ2v) is 4.63. The summed E-state index contributed by atoms with van der Waals surface area (Å²) in [7, 11) is 1.58. The molecule has 1 aromatic rings. The first-order chi connectivity index (χ1) is 7.99. The van der Waals surface area contributed by atoms with Crippen LogP contribution in [0.25, 0.3) is 0 Å². The molecule has 4 nitrogen and oxygen atoms in total. The van der Waals surface area contributed by atoms with E-state index in [9.17, 15) is 15.0 Å². The van der Waals surface area contributed by atoms with Crippen LogP contribution in [0.1, 0.15) is 24.0 Å². The van der Waals surface area contributed by atoms with Crippen molar-refractivity contribution in [3.05, 3.63) is 29.3 Å². The minimum Gasteiger partial charge on any atom is -0.497 e. The molecule has 2 rings (SSSR count). The fourth-order valence-electron chi connectivity index (χ4n) is 2.55. The zero-order valence-electron chi connectivity index (χ0n) is 9.93. The summed E-state index contributed by atoms with van der Waals surface area (Å²) in [4.78, 5) is 11.4. The average Bonchev–Trinajstić information content (AvgIpc) is 2.24. The summed E-state index contributed by atoms with van der Waals surface area (Å²) >= 11 is 0. The van der Waals surface area contributed by atoms with Crippen LogP contribution >= 0.6 is 0 Å². The first-order valence-corrected chi connectivity index (χ1v) is 5.56. The molecule has 0 aliphatic heterocycles. The Morgan fingerprint density at radius 3 is 2.53 bits per heavy atom. The van der Waals surface area contributed by atoms with Gasteiger partial charge in [0.2, 0.25) is 0 Å². The Hall–Kier alpha value is -1.55. The van der Waals surface area contributed by atoms with E-state index in [1.807, 2.05) is 13.0 Å². The van der Waals surface area contributed by atoms with Crippen LogP contribution in [0, 0.1) is 6.92 Å². The first kappa shape index (κ1) is 11.9. The Bertz CT molecular complexity index is 447. The zero-order chi connectivity index (χ0) is 12.6. The van der Waals surface area contributed by atoms with E-state index in [4.69, 9.17) is 4.74 Å². The lowest BCUT2D eigenvalue weighted by Gasteiger charge is -2.42. The van der Waals surface area contributed by atoms with Gasteiger partial charge in [-0.05, 0) is 43.0 Å². The van der Waals surface area contributed by atoms with Crippen molar-refractivity contribution in [2.75, 3.05) is 7.11 Å². The van der Waals surface area contributed by atoms with Crippen LogP contribution in [0.5, 0.6) is 5.75 Å². The minimum absolute atomic E-state index is 0.287. The highest BCUT2D eigenvalue weighted by molar-refractivity contribution is 5.83. The molecule has 0 saturated heterocycles. The molecule has 17 heavy (non-hydrogen) atoms. The molecule has 0 bridgehead atoms. The Morgan fingerprint density at radius 2 is 2.12 bits per heavy atom. The largest absolute Gasteiger partial charge is 0.497 e. The van der Waals surface area contributed by atoms with Crippen molar-refractivity contribution in [1.29, 1.82) is 0 Å². The Balaban J connectivity index is 2.42. The molecular weight excluding hydrogens is 220 g/mol. The van der Waals surface area contributed by atoms with Gasteiger partial charge in [-0.1, -0.05) is 6.07 Å². The monoisotopic (exact) mass is 236 g/mol. The number of rotatable bonds is 3. The van der Waals surface area contributed by atoms with Crippen molar-refractivity contribution in [2.24, 2.45) is 0 Å². The van der Waals surface area contributed by atoms with Gasteiger partial charge in [0.15, 0.2) is 0 Å². The molecule has 0 radical (unpaired) electrons. The van der Waals surface area contributed by atoms with Crippen LogP contribution in [-0.4, -0.2) is 29.4 Å². The molecule has 1 aromatic carbocycles. The third-order valence-corrected chi connectivity index (χ3v) is 3.53. The van der Waals surface area contributed by atoms with E-state index in [1.165, 1.54) is 0 Å². The van der Waals surface area contributed by atoms with Crippen LogP contribution in [0.2, 0.25) is 0 Å². The number of aliphatic hydroxyl groups is 1. The van der Waals surface area contributed by atoms with Gasteiger partial charge in [0.05, 0.1) is 18.6 Å². The van der Waals surface area contributed by atoms with Crippen molar-refractivity contribution < 1.29 is 19.7 Å². The Kier molecular flexibility index (Phi) is 2.83. The van der Waals surface area contributed by atoms with Crippen molar-refractivity contribution >= 4 is 5.97 Å². The Morgan fingerprint density at radius 1 is 1.47 bits per heavy atom. The van der Waals surface area contributed by atoms with E-state index in [2.05, 4.69) is 0 Å². The van der Waals surface area contributed by atoms with Gasteiger partial charge in [0, 0.05) is 0 Å². The van der Waals surface area contributed by atoms with Gasteiger partial charge in [0.1, 0.15) is 5.75 Å². The van der Waals surface area contributed by atoms with Gasteiger partial charge >= 0.3 is 5.97 Å². The highest BCUT2D eigenvalue weighted by Gasteiger charge is 2.51.